The van der Waals surface area contributed by atoms with Gasteiger partial charge in [-0.05, 0) is 23.8 Å². The van der Waals surface area contributed by atoms with Crippen molar-refractivity contribution in [3.8, 4) is 5.75 Å². The number of methoxy groups -OCH3 is 1. The normalized spacial score (nSPS) is 11.6. The molecule has 0 fully saturated rings. The summed E-state index contributed by atoms with van der Waals surface area (Å²) in [5.74, 6) is -1.57. The third-order valence-electron chi connectivity index (χ3n) is 3.62. The standard InChI is InChI=1S/C19H21NO5/c1-24-10-11-25-16-9-5-8-15(12-16)18(21)20-13-17(19(22)23)14-6-3-2-4-7-14/h2-9,12,17H,10-11,13H2,1H3,(H,20,21)(H,22,23). The molecule has 6 heteroatoms. The van der Waals surface area contributed by atoms with Crippen LogP contribution in [0.2, 0.25) is 0 Å². The Kier molecular flexibility index (Phi) is 6.98. The molecule has 6 nitrogen and oxygen atoms in total. The number of benzene rings is 2. The summed E-state index contributed by atoms with van der Waals surface area (Å²) in [6.07, 6.45) is 0. The summed E-state index contributed by atoms with van der Waals surface area (Å²) in [5.41, 5.74) is 1.05. The predicted octanol–water partition coefficient (Wildman–Crippen LogP) is 2.31. The highest BCUT2D eigenvalue weighted by atomic mass is 16.5. The molecular weight excluding hydrogens is 322 g/mol. The van der Waals surface area contributed by atoms with E-state index in [1.54, 1.807) is 55.6 Å². The quantitative estimate of drug-likeness (QED) is 0.683. The molecule has 0 aliphatic heterocycles. The van der Waals surface area contributed by atoms with Gasteiger partial charge in [0.05, 0.1) is 12.5 Å². The van der Waals surface area contributed by atoms with Crippen molar-refractivity contribution in [3.05, 3.63) is 65.7 Å². The second kappa shape index (κ2) is 9.44. The van der Waals surface area contributed by atoms with E-state index < -0.39 is 11.9 Å². The SMILES string of the molecule is COCCOc1cccc(C(=O)NCC(C(=O)O)c2ccccc2)c1. The van der Waals surface area contributed by atoms with Gasteiger partial charge in [-0.1, -0.05) is 36.4 Å². The molecule has 0 spiro atoms. The molecule has 1 atom stereocenters. The minimum Gasteiger partial charge on any atom is -0.491 e. The van der Waals surface area contributed by atoms with E-state index in [2.05, 4.69) is 5.32 Å². The Balaban J connectivity index is 1.99. The number of rotatable bonds is 9. The molecule has 25 heavy (non-hydrogen) atoms. The van der Waals surface area contributed by atoms with Gasteiger partial charge < -0.3 is 19.9 Å². The van der Waals surface area contributed by atoms with Crippen molar-refractivity contribution in [2.24, 2.45) is 0 Å². The van der Waals surface area contributed by atoms with Crippen molar-refractivity contribution in [2.75, 3.05) is 26.9 Å². The van der Waals surface area contributed by atoms with Gasteiger partial charge in [-0.25, -0.2) is 0 Å². The van der Waals surface area contributed by atoms with Crippen molar-refractivity contribution < 1.29 is 24.2 Å². The summed E-state index contributed by atoms with van der Waals surface area (Å²) in [6.45, 7) is 0.845. The minimum atomic E-state index is -0.983. The first-order valence-electron chi connectivity index (χ1n) is 7.89. The maximum atomic E-state index is 12.3. The molecule has 2 N–H and O–H groups in total. The first kappa shape index (κ1) is 18.5. The topological polar surface area (TPSA) is 84.9 Å². The summed E-state index contributed by atoms with van der Waals surface area (Å²) in [7, 11) is 1.58. The van der Waals surface area contributed by atoms with Crippen LogP contribution in [0.4, 0.5) is 0 Å². The monoisotopic (exact) mass is 343 g/mol. The fourth-order valence-corrected chi connectivity index (χ4v) is 2.30. The molecule has 2 aromatic rings. The zero-order chi connectivity index (χ0) is 18.1. The molecule has 132 valence electrons. The Hall–Kier alpha value is -2.86. The molecule has 0 bridgehead atoms. The van der Waals surface area contributed by atoms with Gasteiger partial charge in [0.2, 0.25) is 0 Å². The Labute approximate surface area is 146 Å². The highest BCUT2D eigenvalue weighted by molar-refractivity contribution is 5.95. The number of hydrogen-bond acceptors (Lipinski definition) is 4. The zero-order valence-corrected chi connectivity index (χ0v) is 14.0. The average Bonchev–Trinajstić information content (AvgIpc) is 2.63. The highest BCUT2D eigenvalue weighted by Gasteiger charge is 2.20. The van der Waals surface area contributed by atoms with Crippen LogP contribution in [-0.2, 0) is 9.53 Å². The second-order valence-corrected chi connectivity index (χ2v) is 5.38. The third kappa shape index (κ3) is 5.61. The van der Waals surface area contributed by atoms with E-state index in [0.29, 0.717) is 30.1 Å². The molecule has 2 rings (SSSR count). The van der Waals surface area contributed by atoms with Crippen molar-refractivity contribution in [1.82, 2.24) is 5.32 Å². The lowest BCUT2D eigenvalue weighted by Gasteiger charge is -2.14. The van der Waals surface area contributed by atoms with Gasteiger partial charge in [-0.3, -0.25) is 9.59 Å². The van der Waals surface area contributed by atoms with Gasteiger partial charge in [0.15, 0.2) is 0 Å². The lowest BCUT2D eigenvalue weighted by Crippen LogP contribution is -2.31. The van der Waals surface area contributed by atoms with Gasteiger partial charge in [0.25, 0.3) is 5.91 Å². The predicted molar refractivity (Wildman–Crippen MR) is 93.0 cm³/mol. The van der Waals surface area contributed by atoms with Gasteiger partial charge in [0, 0.05) is 19.2 Å². The van der Waals surface area contributed by atoms with Gasteiger partial charge in [0.1, 0.15) is 12.4 Å². The maximum Gasteiger partial charge on any atom is 0.312 e. The van der Waals surface area contributed by atoms with Crippen LogP contribution >= 0.6 is 0 Å². The van der Waals surface area contributed by atoms with Crippen LogP contribution in [-0.4, -0.2) is 43.9 Å². The van der Waals surface area contributed by atoms with Crippen LogP contribution in [0.1, 0.15) is 21.8 Å². The average molecular weight is 343 g/mol. The molecule has 1 unspecified atom stereocenters. The molecule has 0 aliphatic rings. The number of aliphatic carboxylic acids is 1. The molecule has 0 aliphatic carbocycles. The van der Waals surface area contributed by atoms with E-state index in [9.17, 15) is 14.7 Å². The highest BCUT2D eigenvalue weighted by Crippen LogP contribution is 2.16. The summed E-state index contributed by atoms with van der Waals surface area (Å²) in [6, 6.07) is 15.5. The number of carbonyl (C=O) groups excluding carboxylic acids is 1. The third-order valence-corrected chi connectivity index (χ3v) is 3.62. The fourth-order valence-electron chi connectivity index (χ4n) is 2.30. The zero-order valence-electron chi connectivity index (χ0n) is 14.0. The summed E-state index contributed by atoms with van der Waals surface area (Å²) >= 11 is 0. The smallest absolute Gasteiger partial charge is 0.312 e. The van der Waals surface area contributed by atoms with Crippen molar-refractivity contribution >= 4 is 11.9 Å². The van der Waals surface area contributed by atoms with Gasteiger partial charge in [-0.15, -0.1) is 0 Å². The molecule has 0 heterocycles. The van der Waals surface area contributed by atoms with E-state index in [1.165, 1.54) is 0 Å². The lowest BCUT2D eigenvalue weighted by molar-refractivity contribution is -0.138. The molecule has 0 aromatic heterocycles. The Bertz CT molecular complexity index is 702. The van der Waals surface area contributed by atoms with Gasteiger partial charge >= 0.3 is 5.97 Å². The molecule has 0 radical (unpaired) electrons. The fraction of sp³-hybridized carbons (Fsp3) is 0.263. The molecule has 1 amide bonds. The number of hydrogen-bond donors (Lipinski definition) is 2. The Morgan fingerprint density at radius 2 is 1.84 bits per heavy atom. The van der Waals surface area contributed by atoms with Crippen LogP contribution in [0, 0.1) is 0 Å². The number of carbonyl (C=O) groups is 2. The summed E-state index contributed by atoms with van der Waals surface area (Å²) < 4.78 is 10.4. The number of nitrogens with one attached hydrogen (secondary N) is 1. The number of amides is 1. The Morgan fingerprint density at radius 1 is 1.08 bits per heavy atom. The lowest BCUT2D eigenvalue weighted by atomic mass is 9.99. The van der Waals surface area contributed by atoms with E-state index in [0.717, 1.165) is 0 Å². The van der Waals surface area contributed by atoms with E-state index in [-0.39, 0.29) is 12.5 Å². The van der Waals surface area contributed by atoms with Crippen molar-refractivity contribution in [3.63, 3.8) is 0 Å². The van der Waals surface area contributed by atoms with Crippen LogP contribution in [0.5, 0.6) is 5.75 Å². The summed E-state index contributed by atoms with van der Waals surface area (Å²) in [4.78, 5) is 23.8. The van der Waals surface area contributed by atoms with E-state index >= 15 is 0 Å². The van der Waals surface area contributed by atoms with Crippen molar-refractivity contribution in [1.29, 1.82) is 0 Å². The molecule has 0 saturated heterocycles. The first-order valence-corrected chi connectivity index (χ1v) is 7.89. The van der Waals surface area contributed by atoms with Gasteiger partial charge in [-0.2, -0.15) is 0 Å². The van der Waals surface area contributed by atoms with Crippen LogP contribution in [0.15, 0.2) is 54.6 Å². The molecule has 2 aromatic carbocycles. The minimum absolute atomic E-state index is 0.00688. The van der Waals surface area contributed by atoms with Crippen molar-refractivity contribution in [2.45, 2.75) is 5.92 Å². The number of carboxylic acid groups (broad SMARTS) is 1. The second-order valence-electron chi connectivity index (χ2n) is 5.38. The van der Waals surface area contributed by atoms with Crippen LogP contribution in [0.3, 0.4) is 0 Å². The van der Waals surface area contributed by atoms with E-state index in [1.807, 2.05) is 6.07 Å². The van der Waals surface area contributed by atoms with Crippen LogP contribution < -0.4 is 10.1 Å². The van der Waals surface area contributed by atoms with Crippen LogP contribution in [0.25, 0.3) is 0 Å². The number of ether oxygens (including phenoxy) is 2. The molecule has 0 saturated carbocycles. The maximum absolute atomic E-state index is 12.3. The molecular formula is C19H21NO5. The van der Waals surface area contributed by atoms with E-state index in [4.69, 9.17) is 9.47 Å². The first-order chi connectivity index (χ1) is 12.1. The summed E-state index contributed by atoms with van der Waals surface area (Å²) in [5, 5.41) is 12.1. The largest absolute Gasteiger partial charge is 0.491 e. The Morgan fingerprint density at radius 3 is 2.52 bits per heavy atom. The number of carboxylic acids is 1.